The van der Waals surface area contributed by atoms with E-state index in [1.54, 1.807) is 29.5 Å². The Morgan fingerprint density at radius 1 is 1.14 bits per heavy atom. The standard InChI is InChI=1S/C27H27FN2O3.CO2/c1-3-19-13-25(33-17-21-11-7-8-12-23(21)28)27-29-18(2)26(30(27)15-19)24(32)14-22(16-31)20-9-5-4-6-10-20;2-1-3/h4-13,15,22,31H,3,14,16-17H2,1-2H3;/t22-;/m0./s1. The van der Waals surface area contributed by atoms with Crippen LogP contribution in [0.5, 0.6) is 5.75 Å². The molecule has 0 spiro atoms. The minimum Gasteiger partial charge on any atom is -0.485 e. The van der Waals surface area contributed by atoms with Crippen LogP contribution in [0.25, 0.3) is 5.65 Å². The third-order valence-electron chi connectivity index (χ3n) is 5.85. The van der Waals surface area contributed by atoms with E-state index in [1.165, 1.54) is 6.07 Å². The number of ether oxygens (including phenoxy) is 1. The minimum absolute atomic E-state index is 0.0608. The number of aryl methyl sites for hydroxylation is 2. The van der Waals surface area contributed by atoms with Crippen molar-refractivity contribution in [2.75, 3.05) is 6.61 Å². The fraction of sp³-hybridized carbons (Fsp3) is 0.250. The van der Waals surface area contributed by atoms with Crippen molar-refractivity contribution in [3.8, 4) is 5.75 Å². The second-order valence-corrected chi connectivity index (χ2v) is 8.19. The quantitative estimate of drug-likeness (QED) is 0.342. The van der Waals surface area contributed by atoms with E-state index >= 15 is 0 Å². The van der Waals surface area contributed by atoms with Gasteiger partial charge in [0.1, 0.15) is 18.1 Å². The topological polar surface area (TPSA) is 98.0 Å². The van der Waals surface area contributed by atoms with Crippen LogP contribution in [0.3, 0.4) is 0 Å². The maximum Gasteiger partial charge on any atom is 0.373 e. The van der Waals surface area contributed by atoms with Gasteiger partial charge in [0.15, 0.2) is 17.2 Å². The van der Waals surface area contributed by atoms with E-state index in [0.717, 1.165) is 17.5 Å². The molecule has 0 amide bonds. The second kappa shape index (κ2) is 12.5. The number of carbonyl (C=O) groups is 1. The van der Waals surface area contributed by atoms with Gasteiger partial charge in [0.05, 0.1) is 12.3 Å². The molecule has 2 aromatic heterocycles. The molecular weight excluding hydrogens is 463 g/mol. The number of fused-ring (bicyclic) bond motifs is 1. The molecule has 0 fully saturated rings. The second-order valence-electron chi connectivity index (χ2n) is 8.19. The molecule has 7 nitrogen and oxygen atoms in total. The number of aromatic nitrogens is 2. The Morgan fingerprint density at radius 2 is 1.81 bits per heavy atom. The Morgan fingerprint density at radius 3 is 2.44 bits per heavy atom. The van der Waals surface area contributed by atoms with Crippen LogP contribution >= 0.6 is 0 Å². The largest absolute Gasteiger partial charge is 0.485 e. The van der Waals surface area contributed by atoms with E-state index in [9.17, 15) is 14.3 Å². The van der Waals surface area contributed by atoms with Gasteiger partial charge in [0.25, 0.3) is 0 Å². The van der Waals surface area contributed by atoms with Crippen LogP contribution in [0.1, 0.15) is 52.1 Å². The van der Waals surface area contributed by atoms with E-state index in [4.69, 9.17) is 14.3 Å². The molecule has 0 aliphatic rings. The number of rotatable bonds is 9. The molecule has 0 aliphatic carbocycles. The minimum atomic E-state index is -0.327. The molecule has 4 rings (SSSR count). The normalized spacial score (nSPS) is 11.3. The number of carbonyl (C=O) groups excluding carboxylic acids is 3. The Hall–Kier alpha value is -4.13. The molecule has 0 bridgehead atoms. The monoisotopic (exact) mass is 490 g/mol. The third-order valence-corrected chi connectivity index (χ3v) is 5.85. The molecule has 0 unspecified atom stereocenters. The average molecular weight is 491 g/mol. The summed E-state index contributed by atoms with van der Waals surface area (Å²) in [6.07, 6.45) is 3.05. The van der Waals surface area contributed by atoms with Crippen LogP contribution in [0.2, 0.25) is 0 Å². The highest BCUT2D eigenvalue weighted by molar-refractivity contribution is 5.97. The predicted molar refractivity (Wildman–Crippen MR) is 130 cm³/mol. The van der Waals surface area contributed by atoms with E-state index < -0.39 is 0 Å². The summed E-state index contributed by atoms with van der Waals surface area (Å²) < 4.78 is 21.8. The summed E-state index contributed by atoms with van der Waals surface area (Å²) in [6, 6.07) is 17.9. The molecule has 0 saturated heterocycles. The summed E-state index contributed by atoms with van der Waals surface area (Å²) in [5, 5.41) is 9.91. The van der Waals surface area contributed by atoms with Gasteiger partial charge in [-0.15, -0.1) is 0 Å². The van der Waals surface area contributed by atoms with E-state index in [0.29, 0.717) is 28.3 Å². The maximum absolute atomic E-state index is 14.1. The van der Waals surface area contributed by atoms with Crippen molar-refractivity contribution in [1.82, 2.24) is 9.38 Å². The number of pyridine rings is 1. The van der Waals surface area contributed by atoms with Gasteiger partial charge in [-0.1, -0.05) is 55.5 Å². The van der Waals surface area contributed by atoms with Gasteiger partial charge in [-0.3, -0.25) is 9.20 Å². The fourth-order valence-electron chi connectivity index (χ4n) is 4.02. The molecule has 0 aliphatic heterocycles. The van der Waals surface area contributed by atoms with Crippen molar-refractivity contribution >= 4 is 17.6 Å². The summed E-state index contributed by atoms with van der Waals surface area (Å²) in [5.41, 5.74) is 3.93. The number of ketones is 1. The number of hydrogen-bond acceptors (Lipinski definition) is 6. The smallest absolute Gasteiger partial charge is 0.373 e. The van der Waals surface area contributed by atoms with Crippen molar-refractivity contribution in [3.05, 3.63) is 101 Å². The molecule has 1 N–H and O–H groups in total. The highest BCUT2D eigenvalue weighted by Gasteiger charge is 2.23. The molecule has 36 heavy (non-hydrogen) atoms. The lowest BCUT2D eigenvalue weighted by Crippen LogP contribution is -2.14. The lowest BCUT2D eigenvalue weighted by Gasteiger charge is -2.14. The number of nitrogens with zero attached hydrogens (tertiary/aromatic N) is 2. The van der Waals surface area contributed by atoms with E-state index in [2.05, 4.69) is 4.98 Å². The summed E-state index contributed by atoms with van der Waals surface area (Å²) in [7, 11) is 0. The maximum atomic E-state index is 14.1. The zero-order valence-electron chi connectivity index (χ0n) is 20.1. The highest BCUT2D eigenvalue weighted by atomic mass is 19.1. The van der Waals surface area contributed by atoms with Gasteiger partial charge in [0, 0.05) is 24.1 Å². The van der Waals surface area contributed by atoms with Crippen molar-refractivity contribution in [2.24, 2.45) is 0 Å². The van der Waals surface area contributed by atoms with Crippen LogP contribution < -0.4 is 4.74 Å². The Bertz CT molecular complexity index is 1360. The number of imidazole rings is 1. The van der Waals surface area contributed by atoms with Crippen LogP contribution in [0.15, 0.2) is 66.9 Å². The van der Waals surface area contributed by atoms with Crippen molar-refractivity contribution in [1.29, 1.82) is 0 Å². The summed E-state index contributed by atoms with van der Waals surface area (Å²) >= 11 is 0. The Kier molecular flexibility index (Phi) is 9.22. The first-order valence-corrected chi connectivity index (χ1v) is 11.5. The van der Waals surface area contributed by atoms with Crippen LogP contribution in [-0.4, -0.2) is 33.0 Å². The highest BCUT2D eigenvalue weighted by Crippen LogP contribution is 2.28. The van der Waals surface area contributed by atoms with Gasteiger partial charge in [-0.25, -0.2) is 9.37 Å². The molecule has 2 aromatic carbocycles. The molecular formula is C28H27FN2O5. The Labute approximate surface area is 208 Å². The van der Waals surface area contributed by atoms with Crippen LogP contribution in [0, 0.1) is 12.7 Å². The number of benzene rings is 2. The van der Waals surface area contributed by atoms with Crippen molar-refractivity contribution in [2.45, 2.75) is 39.2 Å². The SMILES string of the molecule is CCc1cc(OCc2ccccc2F)c2nc(C)c(C(=O)C[C@@H](CO)c3ccccc3)n2c1.O=C=O. The average Bonchev–Trinajstić information content (AvgIpc) is 3.23. The van der Waals surface area contributed by atoms with Gasteiger partial charge < -0.3 is 9.84 Å². The van der Waals surface area contributed by atoms with Crippen LogP contribution in [0.4, 0.5) is 4.39 Å². The van der Waals surface area contributed by atoms with E-state index in [-0.39, 0.29) is 43.3 Å². The van der Waals surface area contributed by atoms with Gasteiger partial charge >= 0.3 is 6.15 Å². The molecule has 1 atom stereocenters. The summed E-state index contributed by atoms with van der Waals surface area (Å²) in [5.74, 6) is -0.223. The number of Topliss-reactive ketones (excluding diaryl/α,β-unsaturated/α-hetero) is 1. The predicted octanol–water partition coefficient (Wildman–Crippen LogP) is 4.69. The summed E-state index contributed by atoms with van der Waals surface area (Å²) in [4.78, 5) is 34.2. The molecule has 2 heterocycles. The first-order valence-electron chi connectivity index (χ1n) is 11.5. The van der Waals surface area contributed by atoms with Crippen molar-refractivity contribution < 1.29 is 28.6 Å². The van der Waals surface area contributed by atoms with E-state index in [1.807, 2.05) is 49.5 Å². The zero-order chi connectivity index (χ0) is 26.1. The van der Waals surface area contributed by atoms with Gasteiger partial charge in [0.2, 0.25) is 0 Å². The zero-order valence-corrected chi connectivity index (χ0v) is 20.1. The van der Waals surface area contributed by atoms with Crippen molar-refractivity contribution in [3.63, 3.8) is 0 Å². The Balaban J connectivity index is 0.00000115. The summed E-state index contributed by atoms with van der Waals surface area (Å²) in [6.45, 7) is 3.75. The third kappa shape index (κ3) is 6.10. The molecule has 4 aromatic rings. The first-order chi connectivity index (χ1) is 17.4. The molecule has 0 radical (unpaired) electrons. The fourth-order valence-corrected chi connectivity index (χ4v) is 4.02. The van der Waals surface area contributed by atoms with Gasteiger partial charge in [-0.2, -0.15) is 9.59 Å². The van der Waals surface area contributed by atoms with Crippen LogP contribution in [-0.2, 0) is 22.6 Å². The lowest BCUT2D eigenvalue weighted by atomic mass is 9.93. The number of aliphatic hydroxyl groups is 1. The molecule has 8 heteroatoms. The van der Waals surface area contributed by atoms with Gasteiger partial charge in [-0.05, 0) is 36.6 Å². The lowest BCUT2D eigenvalue weighted by molar-refractivity contribution is -0.191. The first kappa shape index (κ1) is 26.5. The molecule has 186 valence electrons. The number of hydrogen-bond donors (Lipinski definition) is 1. The number of aliphatic hydroxyl groups excluding tert-OH is 1. The number of halogens is 1. The molecule has 0 saturated carbocycles.